The van der Waals surface area contributed by atoms with E-state index < -0.39 is 0 Å². The number of piperidine rings is 1. The first kappa shape index (κ1) is 13.9. The van der Waals surface area contributed by atoms with E-state index in [1.54, 1.807) is 0 Å². The molecule has 0 aromatic rings. The molecule has 0 amide bonds. The van der Waals surface area contributed by atoms with Crippen LogP contribution in [0.1, 0.15) is 33.1 Å². The maximum Gasteiger partial charge on any atom is 0.0117 e. The molecule has 0 unspecified atom stereocenters. The van der Waals surface area contributed by atoms with Crippen molar-refractivity contribution >= 4 is 0 Å². The zero-order chi connectivity index (χ0) is 11.8. The Kier molecular flexibility index (Phi) is 7.01. The van der Waals surface area contributed by atoms with Crippen LogP contribution in [0.25, 0.3) is 0 Å². The maximum absolute atomic E-state index is 3.39. The first-order valence-corrected chi connectivity index (χ1v) is 6.91. The molecule has 0 radical (unpaired) electrons. The van der Waals surface area contributed by atoms with Crippen molar-refractivity contribution in [2.45, 2.75) is 39.2 Å². The Morgan fingerprint density at radius 3 is 2.50 bits per heavy atom. The molecule has 0 spiro atoms. The standard InChI is InChI=1S/C13H29N3/c1-4-14-9-6-10-15(3)13-7-11-16(5-2)12-8-13/h13-14H,4-12H2,1-3H3. The average molecular weight is 227 g/mol. The van der Waals surface area contributed by atoms with Crippen LogP contribution in [-0.2, 0) is 0 Å². The summed E-state index contributed by atoms with van der Waals surface area (Å²) in [6, 6.07) is 0.824. The Labute approximate surface area is 101 Å². The molecule has 0 atom stereocenters. The van der Waals surface area contributed by atoms with Crippen molar-refractivity contribution in [1.29, 1.82) is 0 Å². The van der Waals surface area contributed by atoms with Crippen molar-refractivity contribution < 1.29 is 0 Å². The van der Waals surface area contributed by atoms with Crippen LogP contribution in [0.2, 0.25) is 0 Å². The molecule has 0 aromatic carbocycles. The van der Waals surface area contributed by atoms with Crippen LogP contribution in [0.15, 0.2) is 0 Å². The highest BCUT2D eigenvalue weighted by Crippen LogP contribution is 2.14. The van der Waals surface area contributed by atoms with Crippen molar-refractivity contribution in [2.75, 3.05) is 46.3 Å². The summed E-state index contributed by atoms with van der Waals surface area (Å²) in [5.41, 5.74) is 0. The van der Waals surface area contributed by atoms with Gasteiger partial charge in [0.2, 0.25) is 0 Å². The van der Waals surface area contributed by atoms with Crippen molar-refractivity contribution in [3.8, 4) is 0 Å². The van der Waals surface area contributed by atoms with Gasteiger partial charge in [-0.25, -0.2) is 0 Å². The van der Waals surface area contributed by atoms with E-state index in [9.17, 15) is 0 Å². The van der Waals surface area contributed by atoms with Gasteiger partial charge in [0.1, 0.15) is 0 Å². The normalized spacial score (nSPS) is 19.5. The molecule has 1 heterocycles. The molecule has 1 aliphatic rings. The second-order valence-electron chi connectivity index (χ2n) is 4.85. The molecule has 0 bridgehead atoms. The Morgan fingerprint density at radius 1 is 1.25 bits per heavy atom. The second kappa shape index (κ2) is 8.04. The first-order valence-electron chi connectivity index (χ1n) is 6.91. The van der Waals surface area contributed by atoms with E-state index in [0.29, 0.717) is 0 Å². The fourth-order valence-corrected chi connectivity index (χ4v) is 2.49. The predicted molar refractivity (Wildman–Crippen MR) is 70.9 cm³/mol. The summed E-state index contributed by atoms with van der Waals surface area (Å²) in [6.45, 7) is 11.7. The Bertz CT molecular complexity index is 165. The van der Waals surface area contributed by atoms with E-state index >= 15 is 0 Å². The second-order valence-corrected chi connectivity index (χ2v) is 4.85. The summed E-state index contributed by atoms with van der Waals surface area (Å²) in [6.07, 6.45) is 3.98. The van der Waals surface area contributed by atoms with Gasteiger partial charge in [-0.15, -0.1) is 0 Å². The summed E-state index contributed by atoms with van der Waals surface area (Å²) in [4.78, 5) is 5.12. The van der Waals surface area contributed by atoms with Crippen molar-refractivity contribution in [2.24, 2.45) is 0 Å². The van der Waals surface area contributed by atoms with Crippen LogP contribution in [0.5, 0.6) is 0 Å². The van der Waals surface area contributed by atoms with Crippen LogP contribution < -0.4 is 5.32 Å². The lowest BCUT2D eigenvalue weighted by Crippen LogP contribution is -2.43. The Morgan fingerprint density at radius 2 is 1.94 bits per heavy atom. The third kappa shape index (κ3) is 4.81. The largest absolute Gasteiger partial charge is 0.317 e. The van der Waals surface area contributed by atoms with Gasteiger partial charge in [-0.1, -0.05) is 13.8 Å². The van der Waals surface area contributed by atoms with Gasteiger partial charge in [0.15, 0.2) is 0 Å². The molecule has 0 saturated carbocycles. The number of nitrogens with one attached hydrogen (secondary N) is 1. The van der Waals surface area contributed by atoms with Crippen LogP contribution in [0, 0.1) is 0 Å². The minimum Gasteiger partial charge on any atom is -0.317 e. The lowest BCUT2D eigenvalue weighted by molar-refractivity contribution is 0.131. The van der Waals surface area contributed by atoms with E-state index in [0.717, 1.165) is 19.1 Å². The average Bonchev–Trinajstić information content (AvgIpc) is 2.34. The molecule has 0 aromatic heterocycles. The number of rotatable bonds is 7. The van der Waals surface area contributed by atoms with Crippen LogP contribution in [0.4, 0.5) is 0 Å². The first-order chi connectivity index (χ1) is 7.77. The van der Waals surface area contributed by atoms with E-state index in [-0.39, 0.29) is 0 Å². The van der Waals surface area contributed by atoms with E-state index in [2.05, 4.69) is 36.0 Å². The highest BCUT2D eigenvalue weighted by molar-refractivity contribution is 4.77. The van der Waals surface area contributed by atoms with Crippen LogP contribution >= 0.6 is 0 Å². The Hall–Kier alpha value is -0.120. The summed E-state index contributed by atoms with van der Waals surface area (Å²) in [7, 11) is 2.29. The minimum atomic E-state index is 0.824. The number of hydrogen-bond acceptors (Lipinski definition) is 3. The third-order valence-electron chi connectivity index (χ3n) is 3.74. The predicted octanol–water partition coefficient (Wildman–Crippen LogP) is 1.40. The van der Waals surface area contributed by atoms with Gasteiger partial charge in [-0.2, -0.15) is 0 Å². The SMILES string of the molecule is CCNCCCN(C)C1CCN(CC)CC1. The van der Waals surface area contributed by atoms with Crippen molar-refractivity contribution in [3.63, 3.8) is 0 Å². The van der Waals surface area contributed by atoms with Gasteiger partial charge in [0.05, 0.1) is 0 Å². The van der Waals surface area contributed by atoms with Gasteiger partial charge >= 0.3 is 0 Å². The summed E-state index contributed by atoms with van der Waals surface area (Å²) >= 11 is 0. The maximum atomic E-state index is 3.39. The van der Waals surface area contributed by atoms with Gasteiger partial charge in [0.25, 0.3) is 0 Å². The van der Waals surface area contributed by atoms with Crippen LogP contribution in [-0.4, -0.2) is 62.2 Å². The summed E-state index contributed by atoms with van der Waals surface area (Å²) in [5.74, 6) is 0. The van der Waals surface area contributed by atoms with Gasteiger partial charge in [-0.3, -0.25) is 0 Å². The molecule has 96 valence electrons. The zero-order valence-electron chi connectivity index (χ0n) is 11.3. The molecule has 1 saturated heterocycles. The molecule has 0 aliphatic carbocycles. The smallest absolute Gasteiger partial charge is 0.0117 e. The van der Waals surface area contributed by atoms with Crippen molar-refractivity contribution in [1.82, 2.24) is 15.1 Å². The third-order valence-corrected chi connectivity index (χ3v) is 3.74. The van der Waals surface area contributed by atoms with Gasteiger partial charge < -0.3 is 15.1 Å². The monoisotopic (exact) mass is 227 g/mol. The highest BCUT2D eigenvalue weighted by Gasteiger charge is 2.20. The molecule has 1 rings (SSSR count). The van der Waals surface area contributed by atoms with E-state index in [4.69, 9.17) is 0 Å². The van der Waals surface area contributed by atoms with Crippen LogP contribution in [0.3, 0.4) is 0 Å². The molecule has 3 nitrogen and oxygen atoms in total. The van der Waals surface area contributed by atoms with E-state index in [1.807, 2.05) is 0 Å². The number of nitrogens with zero attached hydrogens (tertiary/aromatic N) is 2. The minimum absolute atomic E-state index is 0.824. The van der Waals surface area contributed by atoms with E-state index in [1.165, 1.54) is 45.4 Å². The summed E-state index contributed by atoms with van der Waals surface area (Å²) in [5, 5.41) is 3.39. The fourth-order valence-electron chi connectivity index (χ4n) is 2.49. The molecule has 16 heavy (non-hydrogen) atoms. The molecule has 1 aliphatic heterocycles. The fraction of sp³-hybridized carbons (Fsp3) is 1.00. The van der Waals surface area contributed by atoms with Crippen molar-refractivity contribution in [3.05, 3.63) is 0 Å². The number of hydrogen-bond donors (Lipinski definition) is 1. The zero-order valence-corrected chi connectivity index (χ0v) is 11.3. The van der Waals surface area contributed by atoms with Gasteiger partial charge in [0, 0.05) is 6.04 Å². The highest BCUT2D eigenvalue weighted by atomic mass is 15.2. The summed E-state index contributed by atoms with van der Waals surface area (Å²) < 4.78 is 0. The quantitative estimate of drug-likeness (QED) is 0.663. The Balaban J connectivity index is 2.10. The molecular formula is C13H29N3. The number of likely N-dealkylation sites (tertiary alicyclic amines) is 1. The van der Waals surface area contributed by atoms with Gasteiger partial charge in [-0.05, 0) is 65.6 Å². The molecular weight excluding hydrogens is 198 g/mol. The molecule has 1 fully saturated rings. The lowest BCUT2D eigenvalue weighted by atomic mass is 10.0. The topological polar surface area (TPSA) is 18.5 Å². The lowest BCUT2D eigenvalue weighted by Gasteiger charge is -2.36. The molecule has 3 heteroatoms. The molecule has 1 N–H and O–H groups in total.